The number of nitrogens with zero attached hydrogens (tertiary/aromatic N) is 4. The first-order chi connectivity index (χ1) is 9.04. The van der Waals surface area contributed by atoms with Gasteiger partial charge < -0.3 is 21.1 Å². The van der Waals surface area contributed by atoms with Gasteiger partial charge in [0.1, 0.15) is 0 Å². The van der Waals surface area contributed by atoms with Crippen molar-refractivity contribution < 1.29 is 5.11 Å². The van der Waals surface area contributed by atoms with Gasteiger partial charge in [0, 0.05) is 26.1 Å². The fourth-order valence-electron chi connectivity index (χ4n) is 2.44. The molecular weight excluding hydrogens is 244 g/mol. The second kappa shape index (κ2) is 5.56. The number of aromatic nitrogens is 3. The number of nitrogens with two attached hydrogens (primary N) is 1. The molecule has 0 saturated heterocycles. The Morgan fingerprint density at radius 2 is 1.95 bits per heavy atom. The average molecular weight is 266 g/mol. The lowest BCUT2D eigenvalue weighted by atomic mass is 9.87. The third-order valence-corrected chi connectivity index (χ3v) is 3.66. The van der Waals surface area contributed by atoms with Crippen LogP contribution in [0.5, 0.6) is 0 Å². The maximum Gasteiger partial charge on any atom is 0.231 e. The molecule has 1 aromatic rings. The Bertz CT molecular complexity index is 430. The topological polar surface area (TPSA) is 100 Å². The van der Waals surface area contributed by atoms with Crippen molar-refractivity contribution in [2.24, 2.45) is 5.41 Å². The van der Waals surface area contributed by atoms with Crippen LogP contribution in [0.2, 0.25) is 0 Å². The van der Waals surface area contributed by atoms with E-state index < -0.39 is 0 Å². The summed E-state index contributed by atoms with van der Waals surface area (Å²) in [6, 6.07) is 0. The summed E-state index contributed by atoms with van der Waals surface area (Å²) in [6.07, 6.45) is 4.42. The molecule has 2 rings (SSSR count). The van der Waals surface area contributed by atoms with Crippen molar-refractivity contribution in [1.29, 1.82) is 0 Å². The van der Waals surface area contributed by atoms with Crippen molar-refractivity contribution in [1.82, 2.24) is 15.0 Å². The van der Waals surface area contributed by atoms with Crippen LogP contribution in [0, 0.1) is 5.41 Å². The Kier molecular flexibility index (Phi) is 4.04. The first-order valence-electron chi connectivity index (χ1n) is 6.58. The van der Waals surface area contributed by atoms with E-state index in [1.165, 1.54) is 12.8 Å². The van der Waals surface area contributed by atoms with Crippen LogP contribution in [0.25, 0.3) is 0 Å². The summed E-state index contributed by atoms with van der Waals surface area (Å²) in [5.41, 5.74) is 5.63. The van der Waals surface area contributed by atoms with Crippen LogP contribution in [0.1, 0.15) is 25.7 Å². The van der Waals surface area contributed by atoms with Gasteiger partial charge in [-0.05, 0) is 12.8 Å². The van der Waals surface area contributed by atoms with Crippen LogP contribution >= 0.6 is 0 Å². The number of hydrogen-bond donors (Lipinski definition) is 3. The number of rotatable bonds is 5. The Morgan fingerprint density at radius 1 is 1.26 bits per heavy atom. The van der Waals surface area contributed by atoms with Gasteiger partial charge in [0.2, 0.25) is 17.8 Å². The zero-order valence-corrected chi connectivity index (χ0v) is 11.6. The predicted octanol–water partition coefficient (Wildman–Crippen LogP) is 0.484. The minimum Gasteiger partial charge on any atom is -0.396 e. The van der Waals surface area contributed by atoms with Crippen LogP contribution in [0.15, 0.2) is 0 Å². The van der Waals surface area contributed by atoms with Crippen molar-refractivity contribution >= 4 is 17.8 Å². The number of anilines is 3. The first kappa shape index (κ1) is 13.8. The summed E-state index contributed by atoms with van der Waals surface area (Å²) in [4.78, 5) is 14.2. The average Bonchev–Trinajstić information content (AvgIpc) is 2.85. The second-order valence-corrected chi connectivity index (χ2v) is 5.43. The SMILES string of the molecule is CN(C)c1nc(N)nc(NCC2(CO)CCCC2)n1. The van der Waals surface area contributed by atoms with Gasteiger partial charge in [-0.15, -0.1) is 0 Å². The van der Waals surface area contributed by atoms with Crippen molar-refractivity contribution in [2.75, 3.05) is 43.2 Å². The molecule has 1 aliphatic carbocycles. The van der Waals surface area contributed by atoms with Gasteiger partial charge >= 0.3 is 0 Å². The lowest BCUT2D eigenvalue weighted by Crippen LogP contribution is -2.31. The monoisotopic (exact) mass is 266 g/mol. The molecule has 7 heteroatoms. The van der Waals surface area contributed by atoms with E-state index in [1.807, 2.05) is 14.1 Å². The maximum absolute atomic E-state index is 9.57. The van der Waals surface area contributed by atoms with Crippen molar-refractivity contribution in [2.45, 2.75) is 25.7 Å². The number of nitrogens with one attached hydrogen (secondary N) is 1. The van der Waals surface area contributed by atoms with Gasteiger partial charge in [0.05, 0.1) is 6.61 Å². The highest BCUT2D eigenvalue weighted by atomic mass is 16.3. The molecule has 1 aromatic heterocycles. The second-order valence-electron chi connectivity index (χ2n) is 5.43. The standard InChI is InChI=1S/C12H22N6O/c1-18(2)11-16-9(13)15-10(17-11)14-7-12(8-19)5-3-4-6-12/h19H,3-8H2,1-2H3,(H3,13,14,15,16,17). The molecule has 106 valence electrons. The van der Waals surface area contributed by atoms with E-state index in [1.54, 1.807) is 4.90 Å². The molecular formula is C12H22N6O. The minimum atomic E-state index is -0.0420. The van der Waals surface area contributed by atoms with Crippen LogP contribution in [0.3, 0.4) is 0 Å². The third kappa shape index (κ3) is 3.23. The Morgan fingerprint density at radius 3 is 2.53 bits per heavy atom. The normalized spacial score (nSPS) is 17.4. The summed E-state index contributed by atoms with van der Waals surface area (Å²) >= 11 is 0. The molecule has 0 aromatic carbocycles. The van der Waals surface area contributed by atoms with Gasteiger partial charge in [0.15, 0.2) is 0 Å². The van der Waals surface area contributed by atoms with Crippen molar-refractivity contribution in [3.8, 4) is 0 Å². The van der Waals surface area contributed by atoms with E-state index in [0.717, 1.165) is 12.8 Å². The highest BCUT2D eigenvalue weighted by molar-refractivity contribution is 5.40. The van der Waals surface area contributed by atoms with E-state index in [0.29, 0.717) is 18.4 Å². The summed E-state index contributed by atoms with van der Waals surface area (Å²) in [7, 11) is 3.70. The van der Waals surface area contributed by atoms with Gasteiger partial charge in [-0.25, -0.2) is 0 Å². The molecule has 0 amide bonds. The molecule has 1 saturated carbocycles. The molecule has 0 radical (unpaired) electrons. The predicted molar refractivity (Wildman–Crippen MR) is 75.0 cm³/mol. The highest BCUT2D eigenvalue weighted by Crippen LogP contribution is 2.37. The van der Waals surface area contributed by atoms with Gasteiger partial charge in [-0.2, -0.15) is 15.0 Å². The molecule has 4 N–H and O–H groups in total. The van der Waals surface area contributed by atoms with Crippen LogP contribution in [-0.2, 0) is 0 Å². The maximum atomic E-state index is 9.57. The summed E-state index contributed by atoms with van der Waals surface area (Å²) in [6.45, 7) is 0.862. The van der Waals surface area contributed by atoms with Gasteiger partial charge in [-0.3, -0.25) is 0 Å². The quantitative estimate of drug-likeness (QED) is 0.712. The number of hydrogen-bond acceptors (Lipinski definition) is 7. The third-order valence-electron chi connectivity index (χ3n) is 3.66. The van der Waals surface area contributed by atoms with Gasteiger partial charge in [0.25, 0.3) is 0 Å². The molecule has 19 heavy (non-hydrogen) atoms. The van der Waals surface area contributed by atoms with E-state index >= 15 is 0 Å². The van der Waals surface area contributed by atoms with Crippen LogP contribution < -0.4 is 16.0 Å². The van der Waals surface area contributed by atoms with Crippen LogP contribution in [-0.4, -0.2) is 47.3 Å². The molecule has 1 heterocycles. The van der Waals surface area contributed by atoms with E-state index in [2.05, 4.69) is 20.3 Å². The molecule has 0 bridgehead atoms. The smallest absolute Gasteiger partial charge is 0.231 e. The molecule has 0 atom stereocenters. The first-order valence-corrected chi connectivity index (χ1v) is 6.58. The molecule has 0 aliphatic heterocycles. The number of nitrogen functional groups attached to an aromatic ring is 1. The van der Waals surface area contributed by atoms with E-state index in [-0.39, 0.29) is 18.0 Å². The fraction of sp³-hybridized carbons (Fsp3) is 0.750. The highest BCUT2D eigenvalue weighted by Gasteiger charge is 2.33. The van der Waals surface area contributed by atoms with Crippen molar-refractivity contribution in [3.63, 3.8) is 0 Å². The van der Waals surface area contributed by atoms with Crippen LogP contribution in [0.4, 0.5) is 17.8 Å². The largest absolute Gasteiger partial charge is 0.396 e. The zero-order valence-electron chi connectivity index (χ0n) is 11.6. The Hall–Kier alpha value is -1.63. The molecule has 1 fully saturated rings. The van der Waals surface area contributed by atoms with E-state index in [9.17, 15) is 5.11 Å². The number of aliphatic hydroxyl groups is 1. The molecule has 0 spiro atoms. The summed E-state index contributed by atoms with van der Waals surface area (Å²) in [5, 5.41) is 12.8. The number of aliphatic hydroxyl groups excluding tert-OH is 1. The molecule has 0 unspecified atom stereocenters. The van der Waals surface area contributed by atoms with Gasteiger partial charge in [-0.1, -0.05) is 12.8 Å². The molecule has 1 aliphatic rings. The fourth-order valence-corrected chi connectivity index (χ4v) is 2.44. The Balaban J connectivity index is 2.06. The lowest BCUT2D eigenvalue weighted by Gasteiger charge is -2.26. The summed E-state index contributed by atoms with van der Waals surface area (Å²) < 4.78 is 0. The van der Waals surface area contributed by atoms with E-state index in [4.69, 9.17) is 5.73 Å². The Labute approximate surface area is 113 Å². The van der Waals surface area contributed by atoms with Crippen molar-refractivity contribution in [3.05, 3.63) is 0 Å². The lowest BCUT2D eigenvalue weighted by molar-refractivity contribution is 0.142. The molecule has 7 nitrogen and oxygen atoms in total. The zero-order chi connectivity index (χ0) is 13.9. The minimum absolute atomic E-state index is 0.0420. The summed E-state index contributed by atoms with van der Waals surface area (Å²) in [5.74, 6) is 1.20.